The molecule has 1 aliphatic heterocycles. The van der Waals surface area contributed by atoms with E-state index in [9.17, 15) is 5.11 Å². The van der Waals surface area contributed by atoms with Crippen LogP contribution >= 0.6 is 11.6 Å². The van der Waals surface area contributed by atoms with Crippen molar-refractivity contribution in [2.24, 2.45) is 23.2 Å². The van der Waals surface area contributed by atoms with Crippen LogP contribution in [0.2, 0.25) is 5.02 Å². The number of aliphatic hydroxyl groups excluding tert-OH is 1. The van der Waals surface area contributed by atoms with E-state index in [2.05, 4.69) is 15.9 Å². The lowest BCUT2D eigenvalue weighted by Crippen LogP contribution is -2.49. The molecule has 30 heavy (non-hydrogen) atoms. The van der Waals surface area contributed by atoms with E-state index in [1.54, 1.807) is 0 Å². The minimum atomic E-state index is -0.390. The normalized spacial score (nSPS) is 34.5. The van der Waals surface area contributed by atoms with Gasteiger partial charge in [0.25, 0.3) is 0 Å². The van der Waals surface area contributed by atoms with E-state index in [1.165, 1.54) is 50.6 Å². The molecule has 4 bridgehead atoms. The van der Waals surface area contributed by atoms with Crippen molar-refractivity contribution in [1.29, 1.82) is 0 Å². The summed E-state index contributed by atoms with van der Waals surface area (Å²) in [7, 11) is 0. The van der Waals surface area contributed by atoms with Crippen molar-refractivity contribution in [3.8, 4) is 0 Å². The quantitative estimate of drug-likeness (QED) is 0.616. The van der Waals surface area contributed by atoms with Gasteiger partial charge in [-0.1, -0.05) is 17.7 Å². The largest absolute Gasteiger partial charge is 0.389 e. The van der Waals surface area contributed by atoms with E-state index in [0.717, 1.165) is 55.6 Å². The molecule has 1 N–H and O–H groups in total. The molecule has 0 radical (unpaired) electrons. The second kappa shape index (κ2) is 8.97. The Balaban J connectivity index is 0.999. The van der Waals surface area contributed by atoms with E-state index in [4.69, 9.17) is 16.3 Å². The van der Waals surface area contributed by atoms with Crippen molar-refractivity contribution < 1.29 is 9.84 Å². The standard InChI is InChI=1S/C25H37ClN2O2/c26-22-2-1-3-23(13-22)28-7-5-27(6-8-28)17-24(29)18-30-9-4-25-14-19-10-20(15-25)12-21(11-19)16-25/h1-3,13,19-21,24,29H,4-12,14-18H2. The van der Waals surface area contributed by atoms with Gasteiger partial charge in [0.15, 0.2) is 0 Å². The molecule has 0 aromatic heterocycles. The molecule has 0 amide bonds. The molecule has 5 aliphatic rings. The predicted octanol–water partition coefficient (Wildman–Crippen LogP) is 4.45. The number of rotatable bonds is 8. The Bertz CT molecular complexity index is 684. The van der Waals surface area contributed by atoms with Gasteiger partial charge in [0.05, 0.1) is 12.7 Å². The van der Waals surface area contributed by atoms with E-state index >= 15 is 0 Å². The Morgan fingerprint density at radius 2 is 1.70 bits per heavy atom. The second-order valence-corrected chi connectivity index (χ2v) is 11.1. The molecule has 1 heterocycles. The molecule has 1 aromatic rings. The Hall–Kier alpha value is -0.810. The summed E-state index contributed by atoms with van der Waals surface area (Å²) in [5, 5.41) is 11.3. The minimum absolute atomic E-state index is 0.390. The SMILES string of the molecule is OC(COCCC12CC3CC(CC(C3)C1)C2)CN1CCN(c2cccc(Cl)c2)CC1. The van der Waals surface area contributed by atoms with Crippen LogP contribution in [0, 0.1) is 23.2 Å². The summed E-state index contributed by atoms with van der Waals surface area (Å²) < 4.78 is 5.98. The van der Waals surface area contributed by atoms with Crippen LogP contribution in [-0.2, 0) is 4.74 Å². The first kappa shape index (κ1) is 21.1. The van der Waals surface area contributed by atoms with Crippen molar-refractivity contribution in [3.63, 3.8) is 0 Å². The first-order chi connectivity index (χ1) is 14.6. The number of β-amino-alcohol motifs (C(OH)–C–C–N with tert-alkyl or cyclic N) is 1. The molecular weight excluding hydrogens is 396 g/mol. The van der Waals surface area contributed by atoms with Gasteiger partial charge in [-0.25, -0.2) is 0 Å². The summed E-state index contributed by atoms with van der Waals surface area (Å²) in [4.78, 5) is 4.73. The average molecular weight is 433 g/mol. The molecule has 4 saturated carbocycles. The molecule has 6 rings (SSSR count). The number of aliphatic hydroxyl groups is 1. The van der Waals surface area contributed by atoms with Crippen LogP contribution in [0.4, 0.5) is 5.69 Å². The maximum Gasteiger partial charge on any atom is 0.0900 e. The van der Waals surface area contributed by atoms with Gasteiger partial charge in [0.2, 0.25) is 0 Å². The number of halogens is 1. The zero-order valence-electron chi connectivity index (χ0n) is 18.1. The number of benzene rings is 1. The first-order valence-corrected chi connectivity index (χ1v) is 12.4. The van der Waals surface area contributed by atoms with Gasteiger partial charge in [0.1, 0.15) is 0 Å². The van der Waals surface area contributed by atoms with Crippen LogP contribution in [0.15, 0.2) is 24.3 Å². The summed E-state index contributed by atoms with van der Waals surface area (Å²) >= 11 is 6.12. The molecule has 4 nitrogen and oxygen atoms in total. The van der Waals surface area contributed by atoms with Crippen molar-refractivity contribution >= 4 is 17.3 Å². The van der Waals surface area contributed by atoms with Crippen molar-refractivity contribution in [3.05, 3.63) is 29.3 Å². The van der Waals surface area contributed by atoms with Gasteiger partial charge in [-0.3, -0.25) is 4.90 Å². The number of hydrogen-bond acceptors (Lipinski definition) is 4. The monoisotopic (exact) mass is 432 g/mol. The van der Waals surface area contributed by atoms with Crippen LogP contribution < -0.4 is 4.90 Å². The molecule has 1 atom stereocenters. The number of hydrogen-bond donors (Lipinski definition) is 1. The number of anilines is 1. The van der Waals surface area contributed by atoms with E-state index in [-0.39, 0.29) is 6.10 Å². The summed E-state index contributed by atoms with van der Waals surface area (Å²) in [5.41, 5.74) is 1.77. The molecular formula is C25H37ClN2O2. The molecule has 166 valence electrons. The Morgan fingerprint density at radius 3 is 2.33 bits per heavy atom. The maximum absolute atomic E-state index is 10.5. The molecule has 0 spiro atoms. The fourth-order valence-corrected chi connectivity index (χ4v) is 7.50. The highest BCUT2D eigenvalue weighted by Crippen LogP contribution is 2.61. The number of nitrogens with zero attached hydrogens (tertiary/aromatic N) is 2. The average Bonchev–Trinajstić information content (AvgIpc) is 2.71. The van der Waals surface area contributed by atoms with Crippen LogP contribution in [0.5, 0.6) is 0 Å². The highest BCUT2D eigenvalue weighted by Gasteiger charge is 2.50. The highest BCUT2D eigenvalue weighted by molar-refractivity contribution is 6.30. The number of piperazine rings is 1. The highest BCUT2D eigenvalue weighted by atomic mass is 35.5. The van der Waals surface area contributed by atoms with Crippen molar-refractivity contribution in [1.82, 2.24) is 4.90 Å². The van der Waals surface area contributed by atoms with Gasteiger partial charge >= 0.3 is 0 Å². The summed E-state index contributed by atoms with van der Waals surface area (Å²) in [6.07, 6.45) is 9.67. The van der Waals surface area contributed by atoms with E-state index in [0.29, 0.717) is 18.6 Å². The van der Waals surface area contributed by atoms with Crippen LogP contribution in [0.1, 0.15) is 44.9 Å². The van der Waals surface area contributed by atoms with E-state index < -0.39 is 0 Å². The zero-order valence-corrected chi connectivity index (χ0v) is 18.9. The third kappa shape index (κ3) is 4.82. The van der Waals surface area contributed by atoms with Crippen molar-refractivity contribution in [2.45, 2.75) is 51.0 Å². The van der Waals surface area contributed by atoms with Gasteiger partial charge in [-0.15, -0.1) is 0 Å². The molecule has 5 fully saturated rings. The predicted molar refractivity (Wildman–Crippen MR) is 122 cm³/mol. The molecule has 1 saturated heterocycles. The fraction of sp³-hybridized carbons (Fsp3) is 0.760. The Kier molecular flexibility index (Phi) is 6.30. The van der Waals surface area contributed by atoms with Gasteiger partial charge in [-0.05, 0) is 86.3 Å². The smallest absolute Gasteiger partial charge is 0.0900 e. The zero-order chi connectivity index (χ0) is 20.6. The van der Waals surface area contributed by atoms with E-state index in [1.807, 2.05) is 18.2 Å². The molecule has 4 aliphatic carbocycles. The van der Waals surface area contributed by atoms with Gasteiger partial charge < -0.3 is 14.7 Å². The lowest BCUT2D eigenvalue weighted by molar-refractivity contribution is -0.0741. The fourth-order valence-electron chi connectivity index (χ4n) is 7.32. The molecule has 5 heteroatoms. The molecule has 1 aromatic carbocycles. The van der Waals surface area contributed by atoms with Crippen LogP contribution in [-0.4, -0.2) is 62.0 Å². The van der Waals surface area contributed by atoms with Crippen molar-refractivity contribution in [2.75, 3.05) is 50.8 Å². The van der Waals surface area contributed by atoms with Gasteiger partial charge in [-0.2, -0.15) is 0 Å². The molecule has 1 unspecified atom stereocenters. The van der Waals surface area contributed by atoms with Crippen LogP contribution in [0.3, 0.4) is 0 Å². The Morgan fingerprint density at radius 1 is 1.03 bits per heavy atom. The summed E-state index contributed by atoms with van der Waals surface area (Å²) in [6.45, 7) is 5.89. The maximum atomic E-state index is 10.5. The van der Waals surface area contributed by atoms with Crippen LogP contribution in [0.25, 0.3) is 0 Å². The summed E-state index contributed by atoms with van der Waals surface area (Å²) in [5.74, 6) is 3.02. The summed E-state index contributed by atoms with van der Waals surface area (Å²) in [6, 6.07) is 8.08. The lowest BCUT2D eigenvalue weighted by Gasteiger charge is -2.57. The third-order valence-corrected chi connectivity index (χ3v) is 8.50. The topological polar surface area (TPSA) is 35.9 Å². The van der Waals surface area contributed by atoms with Gasteiger partial charge in [0, 0.05) is 50.0 Å². The lowest BCUT2D eigenvalue weighted by atomic mass is 9.49. The minimum Gasteiger partial charge on any atom is -0.389 e. The third-order valence-electron chi connectivity index (χ3n) is 8.27. The second-order valence-electron chi connectivity index (χ2n) is 10.7. The number of ether oxygens (including phenoxy) is 1. The Labute approximate surface area is 186 Å². The first-order valence-electron chi connectivity index (χ1n) is 12.1.